The van der Waals surface area contributed by atoms with Crippen molar-refractivity contribution in [1.82, 2.24) is 15.5 Å². The van der Waals surface area contributed by atoms with Crippen molar-refractivity contribution in [3.8, 4) is 0 Å². The summed E-state index contributed by atoms with van der Waals surface area (Å²) in [4.78, 5) is 25.9. The van der Waals surface area contributed by atoms with E-state index in [4.69, 9.17) is 10.5 Å². The number of nitrogens with one attached hydrogen (secondary N) is 2. The van der Waals surface area contributed by atoms with Crippen LogP contribution in [-0.2, 0) is 11.2 Å². The summed E-state index contributed by atoms with van der Waals surface area (Å²) in [6, 6.07) is 10.4. The molecule has 3 amide bonds. The van der Waals surface area contributed by atoms with Crippen LogP contribution in [0.2, 0.25) is 0 Å². The number of carbonyl (C=O) groups excluding carboxylic acids is 2. The molecule has 0 spiro atoms. The van der Waals surface area contributed by atoms with Gasteiger partial charge in [0.15, 0.2) is 0 Å². The molecule has 0 radical (unpaired) electrons. The van der Waals surface area contributed by atoms with Crippen LogP contribution in [0, 0.1) is 5.41 Å². The molecule has 7 heteroatoms. The molecule has 168 valence electrons. The Morgan fingerprint density at radius 2 is 1.73 bits per heavy atom. The molecule has 1 aromatic carbocycles. The van der Waals surface area contributed by atoms with E-state index in [-0.39, 0.29) is 11.4 Å². The maximum Gasteiger partial charge on any atom is 0.407 e. The quantitative estimate of drug-likeness (QED) is 0.565. The van der Waals surface area contributed by atoms with Gasteiger partial charge in [0.2, 0.25) is 0 Å². The molecule has 1 saturated heterocycles. The zero-order valence-corrected chi connectivity index (χ0v) is 18.7. The molecule has 1 fully saturated rings. The first-order chi connectivity index (χ1) is 14.2. The number of urea groups is 1. The van der Waals surface area contributed by atoms with Gasteiger partial charge in [0.05, 0.1) is 0 Å². The second kappa shape index (κ2) is 11.2. The summed E-state index contributed by atoms with van der Waals surface area (Å²) in [5.41, 5.74) is 7.08. The lowest BCUT2D eigenvalue weighted by Crippen LogP contribution is -2.49. The molecule has 1 aromatic rings. The number of carbonyl (C=O) groups is 2. The van der Waals surface area contributed by atoms with E-state index in [1.165, 1.54) is 5.56 Å². The van der Waals surface area contributed by atoms with Gasteiger partial charge in [0, 0.05) is 26.2 Å². The number of nitrogens with two attached hydrogens (primary N) is 1. The SMILES string of the molecule is CC(C)(C)OC(=O)NCCCNC(=O)N1CCC(CN)(CCc2ccccc2)CC1. The Balaban J connectivity index is 1.65. The Labute approximate surface area is 180 Å². The van der Waals surface area contributed by atoms with Crippen molar-refractivity contribution >= 4 is 12.1 Å². The summed E-state index contributed by atoms with van der Waals surface area (Å²) in [5, 5.41) is 5.64. The largest absolute Gasteiger partial charge is 0.444 e. The van der Waals surface area contributed by atoms with Crippen molar-refractivity contribution in [1.29, 1.82) is 0 Å². The first-order valence-corrected chi connectivity index (χ1v) is 11.0. The topological polar surface area (TPSA) is 96.7 Å². The van der Waals surface area contributed by atoms with Gasteiger partial charge in [0.25, 0.3) is 0 Å². The molecule has 0 aromatic heterocycles. The van der Waals surface area contributed by atoms with Gasteiger partial charge in [-0.2, -0.15) is 0 Å². The smallest absolute Gasteiger partial charge is 0.407 e. The highest BCUT2D eigenvalue weighted by Gasteiger charge is 2.34. The highest BCUT2D eigenvalue weighted by atomic mass is 16.6. The zero-order chi connectivity index (χ0) is 22.0. The third-order valence-corrected chi connectivity index (χ3v) is 5.63. The number of aryl methyl sites for hydroxylation is 1. The van der Waals surface area contributed by atoms with Crippen LogP contribution in [-0.4, -0.2) is 55.3 Å². The fourth-order valence-electron chi connectivity index (χ4n) is 3.69. The lowest BCUT2D eigenvalue weighted by atomic mass is 9.74. The average Bonchev–Trinajstić information content (AvgIpc) is 2.71. The molecule has 0 atom stereocenters. The molecule has 2 rings (SSSR count). The van der Waals surface area contributed by atoms with E-state index in [0.717, 1.165) is 38.8 Å². The Bertz CT molecular complexity index is 665. The van der Waals surface area contributed by atoms with E-state index < -0.39 is 11.7 Å². The van der Waals surface area contributed by atoms with Crippen molar-refractivity contribution in [2.24, 2.45) is 11.1 Å². The molecule has 0 bridgehead atoms. The van der Waals surface area contributed by atoms with Gasteiger partial charge in [-0.3, -0.25) is 0 Å². The Morgan fingerprint density at radius 3 is 2.33 bits per heavy atom. The van der Waals surface area contributed by atoms with Crippen molar-refractivity contribution in [3.05, 3.63) is 35.9 Å². The maximum absolute atomic E-state index is 12.4. The molecule has 30 heavy (non-hydrogen) atoms. The van der Waals surface area contributed by atoms with Crippen molar-refractivity contribution < 1.29 is 14.3 Å². The number of rotatable bonds is 8. The Morgan fingerprint density at radius 1 is 1.10 bits per heavy atom. The van der Waals surface area contributed by atoms with E-state index in [9.17, 15) is 9.59 Å². The molecule has 4 N–H and O–H groups in total. The number of benzene rings is 1. The zero-order valence-electron chi connectivity index (χ0n) is 18.7. The summed E-state index contributed by atoms with van der Waals surface area (Å²) in [5.74, 6) is 0. The maximum atomic E-state index is 12.4. The number of hydrogen-bond acceptors (Lipinski definition) is 4. The second-order valence-corrected chi connectivity index (χ2v) is 9.19. The number of hydrogen-bond donors (Lipinski definition) is 3. The first-order valence-electron chi connectivity index (χ1n) is 11.0. The molecular weight excluding hydrogens is 380 g/mol. The van der Waals surface area contributed by atoms with Crippen LogP contribution in [0.4, 0.5) is 9.59 Å². The first kappa shape index (κ1) is 24.0. The van der Waals surface area contributed by atoms with Crippen LogP contribution in [0.25, 0.3) is 0 Å². The lowest BCUT2D eigenvalue weighted by Gasteiger charge is -2.41. The molecule has 0 aliphatic carbocycles. The molecule has 1 aliphatic heterocycles. The lowest BCUT2D eigenvalue weighted by molar-refractivity contribution is 0.0527. The van der Waals surface area contributed by atoms with Crippen molar-refractivity contribution in [2.75, 3.05) is 32.7 Å². The third kappa shape index (κ3) is 8.22. The summed E-state index contributed by atoms with van der Waals surface area (Å²) < 4.78 is 5.18. The van der Waals surface area contributed by atoms with Crippen LogP contribution in [0.15, 0.2) is 30.3 Å². The van der Waals surface area contributed by atoms with Crippen molar-refractivity contribution in [3.63, 3.8) is 0 Å². The molecular formula is C23H38N4O3. The summed E-state index contributed by atoms with van der Waals surface area (Å²) >= 11 is 0. The predicted molar refractivity (Wildman–Crippen MR) is 119 cm³/mol. The van der Waals surface area contributed by atoms with E-state index in [0.29, 0.717) is 26.1 Å². The monoisotopic (exact) mass is 418 g/mol. The van der Waals surface area contributed by atoms with Gasteiger partial charge >= 0.3 is 12.1 Å². The molecule has 1 heterocycles. The van der Waals surface area contributed by atoms with Crippen LogP contribution < -0.4 is 16.4 Å². The van der Waals surface area contributed by atoms with E-state index in [2.05, 4.69) is 34.9 Å². The number of alkyl carbamates (subject to hydrolysis) is 1. The normalized spacial score (nSPS) is 16.1. The average molecular weight is 419 g/mol. The highest BCUT2D eigenvalue weighted by molar-refractivity contribution is 5.74. The van der Waals surface area contributed by atoms with Gasteiger partial charge < -0.3 is 26.0 Å². The third-order valence-electron chi connectivity index (χ3n) is 5.63. The molecule has 0 unspecified atom stereocenters. The number of amides is 3. The highest BCUT2D eigenvalue weighted by Crippen LogP contribution is 2.35. The molecule has 7 nitrogen and oxygen atoms in total. The minimum Gasteiger partial charge on any atom is -0.444 e. The van der Waals surface area contributed by atoms with Gasteiger partial charge in [-0.25, -0.2) is 9.59 Å². The van der Waals surface area contributed by atoms with E-state index in [1.54, 1.807) is 0 Å². The summed E-state index contributed by atoms with van der Waals surface area (Å²) in [6.07, 6.45) is 4.17. The number of ether oxygens (including phenoxy) is 1. The Kier molecular flexibility index (Phi) is 8.96. The fourth-order valence-corrected chi connectivity index (χ4v) is 3.69. The predicted octanol–water partition coefficient (Wildman–Crippen LogP) is 3.28. The van der Waals surface area contributed by atoms with Crippen LogP contribution >= 0.6 is 0 Å². The summed E-state index contributed by atoms with van der Waals surface area (Å²) in [6.45, 7) is 8.57. The van der Waals surface area contributed by atoms with Gasteiger partial charge in [-0.1, -0.05) is 30.3 Å². The fraction of sp³-hybridized carbons (Fsp3) is 0.652. The second-order valence-electron chi connectivity index (χ2n) is 9.19. The van der Waals surface area contributed by atoms with E-state index >= 15 is 0 Å². The standard InChI is InChI=1S/C23H38N4O3/c1-22(2,3)30-21(29)26-15-7-14-25-20(28)27-16-12-23(18-24,13-17-27)11-10-19-8-5-4-6-9-19/h4-6,8-9H,7,10-18,24H2,1-3H3,(H,25,28)(H,26,29). The number of likely N-dealkylation sites (tertiary alicyclic amines) is 1. The van der Waals surface area contributed by atoms with Crippen LogP contribution in [0.5, 0.6) is 0 Å². The van der Waals surface area contributed by atoms with Crippen LogP contribution in [0.1, 0.15) is 52.0 Å². The number of nitrogens with zero attached hydrogens (tertiary/aromatic N) is 1. The van der Waals surface area contributed by atoms with Crippen molar-refractivity contribution in [2.45, 2.75) is 58.5 Å². The molecule has 1 aliphatic rings. The van der Waals surface area contributed by atoms with Gasteiger partial charge in [-0.15, -0.1) is 0 Å². The van der Waals surface area contributed by atoms with Gasteiger partial charge in [0.1, 0.15) is 5.60 Å². The number of piperidine rings is 1. The van der Waals surface area contributed by atoms with Gasteiger partial charge in [-0.05, 0) is 70.4 Å². The van der Waals surface area contributed by atoms with Crippen LogP contribution in [0.3, 0.4) is 0 Å². The minimum absolute atomic E-state index is 0.0408. The summed E-state index contributed by atoms with van der Waals surface area (Å²) in [7, 11) is 0. The molecule has 0 saturated carbocycles. The minimum atomic E-state index is -0.508. The Hall–Kier alpha value is -2.28. The van der Waals surface area contributed by atoms with E-state index in [1.807, 2.05) is 31.7 Å².